The molecule has 5 atom stereocenters. The van der Waals surface area contributed by atoms with E-state index in [1.165, 1.54) is 44.1 Å². The van der Waals surface area contributed by atoms with E-state index in [1.54, 1.807) is 0 Å². The Morgan fingerprint density at radius 2 is 1.61 bits per heavy atom. The number of urea groups is 1. The second-order valence-corrected chi connectivity index (χ2v) is 9.36. The van der Waals surface area contributed by atoms with Crippen LogP contribution in [0.4, 0.5) is 4.79 Å². The van der Waals surface area contributed by atoms with E-state index in [4.69, 9.17) is 10.5 Å². The third-order valence-corrected chi connectivity index (χ3v) is 7.02. The summed E-state index contributed by atoms with van der Waals surface area (Å²) in [7, 11) is 3.06. The average molecular weight is 504 g/mol. The molecule has 1 aromatic carbocycles. The number of carbonyl (C=O) groups is 4. The molecule has 0 unspecified atom stereocenters. The number of phenolic OH excluding ortho intramolecular Hbond substituents is 1. The number of likely N-dealkylation sites (N-methyl/N-ethyl adjacent to an activating group) is 1. The molecule has 13 heteroatoms. The summed E-state index contributed by atoms with van der Waals surface area (Å²) in [6.45, 7) is 1.40. The third-order valence-electron chi connectivity index (χ3n) is 7.02. The highest BCUT2D eigenvalue weighted by Gasteiger charge is 2.65. The summed E-state index contributed by atoms with van der Waals surface area (Å²) >= 11 is 0. The minimum atomic E-state index is -2.75. The topological polar surface area (TPSA) is 251 Å². The van der Waals surface area contributed by atoms with E-state index < -0.39 is 81.0 Å². The summed E-state index contributed by atoms with van der Waals surface area (Å²) in [5.41, 5.74) is 7.85. The van der Waals surface area contributed by atoms with Crippen molar-refractivity contribution in [2.24, 2.45) is 29.0 Å². The molecule has 3 amide bonds. The summed E-state index contributed by atoms with van der Waals surface area (Å²) in [4.78, 5) is 48.9. The molecule has 0 spiro atoms. The number of aromatic hydroxyl groups is 1. The van der Waals surface area contributed by atoms with Crippen LogP contribution in [-0.2, 0) is 15.2 Å². The van der Waals surface area contributed by atoms with Crippen LogP contribution in [0.25, 0.3) is 0 Å². The smallest absolute Gasteiger partial charge is 0.309 e. The van der Waals surface area contributed by atoms with Gasteiger partial charge in [0.1, 0.15) is 22.8 Å². The zero-order chi connectivity index (χ0) is 27.5. The van der Waals surface area contributed by atoms with Crippen LogP contribution in [0.5, 0.6) is 5.75 Å². The fourth-order valence-electron chi connectivity index (χ4n) is 5.51. The van der Waals surface area contributed by atoms with Crippen molar-refractivity contribution in [1.82, 2.24) is 4.90 Å². The summed E-state index contributed by atoms with van der Waals surface area (Å²) in [5, 5.41) is 55.0. The number of primary amides is 3. The van der Waals surface area contributed by atoms with Gasteiger partial charge in [-0.1, -0.05) is 12.1 Å². The average Bonchev–Trinajstić information content (AvgIpc) is 2.73. The number of ketones is 2. The fourth-order valence-corrected chi connectivity index (χ4v) is 5.51. The molecule has 0 radical (unpaired) electrons. The second kappa shape index (κ2) is 8.62. The monoisotopic (exact) mass is 504 g/mol. The second-order valence-electron chi connectivity index (χ2n) is 9.36. The maximum Gasteiger partial charge on any atom is 0.309 e. The van der Waals surface area contributed by atoms with Crippen LogP contribution in [-0.4, -0.2) is 79.7 Å². The molecule has 0 heterocycles. The molecule has 194 valence electrons. The standard InChI is InChI=1S/C22H24N2O8.CH4N2O/c1-21(31)8-5-4-6-11(25)12(8)16(26)13-9(21)7-10-15(24(2)3)17(27)14(20(23)30)19(29)22(10,32)18(13)28;2-1(3)4/h4-6,9-10,15,25,27-28,31-32H,7H2,1-3H3,(H2,23,30);(H4,2,3,4)/t9-,10-,15-,21+,22-;/m0./s1. The van der Waals surface area contributed by atoms with Gasteiger partial charge in [-0.2, -0.15) is 0 Å². The summed E-state index contributed by atoms with van der Waals surface area (Å²) in [6.07, 6.45) is -0.200. The number of fused-ring (bicyclic) bond motifs is 3. The first-order valence-electron chi connectivity index (χ1n) is 10.8. The van der Waals surface area contributed by atoms with Crippen molar-refractivity contribution >= 4 is 23.5 Å². The van der Waals surface area contributed by atoms with Crippen LogP contribution < -0.4 is 17.2 Å². The highest BCUT2D eigenvalue weighted by Crippen LogP contribution is 2.56. The lowest BCUT2D eigenvalue weighted by Gasteiger charge is -2.52. The molecule has 3 aliphatic rings. The number of amides is 3. The molecule has 13 nitrogen and oxygen atoms in total. The quantitative estimate of drug-likeness (QED) is 0.223. The number of benzene rings is 1. The highest BCUT2D eigenvalue weighted by atomic mass is 16.3. The first kappa shape index (κ1) is 26.7. The van der Waals surface area contributed by atoms with Crippen molar-refractivity contribution in [3.05, 3.63) is 52.0 Å². The number of rotatable bonds is 2. The first-order valence-corrected chi connectivity index (χ1v) is 10.8. The molecule has 4 rings (SSSR count). The van der Waals surface area contributed by atoms with Crippen LogP contribution in [0.1, 0.15) is 29.3 Å². The van der Waals surface area contributed by atoms with Gasteiger partial charge in [-0.05, 0) is 39.1 Å². The molecule has 0 saturated carbocycles. The van der Waals surface area contributed by atoms with E-state index in [-0.39, 0.29) is 17.5 Å². The molecule has 0 fully saturated rings. The van der Waals surface area contributed by atoms with Gasteiger partial charge < -0.3 is 42.7 Å². The molecular formula is C23H28N4O9. The van der Waals surface area contributed by atoms with Gasteiger partial charge >= 0.3 is 6.03 Å². The maximum absolute atomic E-state index is 13.3. The van der Waals surface area contributed by atoms with Gasteiger partial charge in [0.15, 0.2) is 11.4 Å². The zero-order valence-electron chi connectivity index (χ0n) is 19.7. The number of hydrogen-bond donors (Lipinski definition) is 8. The SMILES string of the molecule is CN(C)[C@@H]1C(O)=C(C(N)=O)C(=O)[C@@]2(O)C(O)=C3C(=O)c4c(O)cccc4[C@@](C)(O)[C@H]3C[C@@H]12.NC(N)=O. The predicted molar refractivity (Wildman–Crippen MR) is 123 cm³/mol. The Morgan fingerprint density at radius 1 is 1.06 bits per heavy atom. The minimum absolute atomic E-state index is 0.135. The third kappa shape index (κ3) is 3.59. The van der Waals surface area contributed by atoms with Crippen LogP contribution in [0.15, 0.2) is 40.9 Å². The van der Waals surface area contributed by atoms with E-state index in [0.717, 1.165) is 0 Å². The van der Waals surface area contributed by atoms with E-state index in [0.29, 0.717) is 0 Å². The molecule has 0 aromatic heterocycles. The van der Waals surface area contributed by atoms with Gasteiger partial charge in [-0.15, -0.1) is 0 Å². The lowest BCUT2D eigenvalue weighted by molar-refractivity contribution is -0.151. The number of nitrogens with two attached hydrogens (primary N) is 3. The number of aliphatic hydroxyl groups is 4. The van der Waals surface area contributed by atoms with Crippen molar-refractivity contribution in [1.29, 1.82) is 0 Å². The molecule has 1 aromatic rings. The Hall–Kier alpha value is -3.94. The summed E-state index contributed by atoms with van der Waals surface area (Å²) in [6, 6.07) is 2.22. The molecule has 36 heavy (non-hydrogen) atoms. The van der Waals surface area contributed by atoms with Crippen molar-refractivity contribution < 1.29 is 44.7 Å². The fraction of sp³-hybridized carbons (Fsp3) is 0.391. The van der Waals surface area contributed by atoms with Crippen molar-refractivity contribution in [3.63, 3.8) is 0 Å². The number of aliphatic hydroxyl groups excluding tert-OH is 2. The van der Waals surface area contributed by atoms with Crippen LogP contribution in [0.3, 0.4) is 0 Å². The Bertz CT molecular complexity index is 1250. The Balaban J connectivity index is 0.000000840. The Morgan fingerprint density at radius 3 is 2.11 bits per heavy atom. The highest BCUT2D eigenvalue weighted by molar-refractivity contribution is 6.24. The van der Waals surface area contributed by atoms with Crippen LogP contribution in [0.2, 0.25) is 0 Å². The Kier molecular flexibility index (Phi) is 6.38. The number of nitrogens with zero attached hydrogens (tertiary/aromatic N) is 1. The van der Waals surface area contributed by atoms with Gasteiger partial charge in [-0.3, -0.25) is 19.3 Å². The first-order chi connectivity index (χ1) is 16.5. The molecule has 0 bridgehead atoms. The molecule has 0 saturated heterocycles. The van der Waals surface area contributed by atoms with E-state index in [9.17, 15) is 39.9 Å². The number of hydrogen-bond acceptors (Lipinski definition) is 10. The van der Waals surface area contributed by atoms with Gasteiger partial charge in [0.05, 0.1) is 17.2 Å². The van der Waals surface area contributed by atoms with Crippen molar-refractivity contribution in [2.45, 2.75) is 30.6 Å². The van der Waals surface area contributed by atoms with E-state index in [2.05, 4.69) is 11.5 Å². The van der Waals surface area contributed by atoms with Gasteiger partial charge in [0.25, 0.3) is 5.91 Å². The normalized spacial score (nSPS) is 31.2. The van der Waals surface area contributed by atoms with Crippen molar-refractivity contribution in [3.8, 4) is 5.75 Å². The number of Topliss-reactive ketones (excluding diaryl/α,β-unsaturated/α-hetero) is 2. The molecular weight excluding hydrogens is 476 g/mol. The minimum Gasteiger partial charge on any atom is -0.510 e. The van der Waals surface area contributed by atoms with E-state index in [1.807, 2.05) is 0 Å². The number of phenols is 1. The maximum atomic E-state index is 13.3. The molecule has 11 N–H and O–H groups in total. The van der Waals surface area contributed by atoms with E-state index >= 15 is 0 Å². The Labute approximate surface area is 205 Å². The summed E-state index contributed by atoms with van der Waals surface area (Å²) in [5.74, 6) is -7.89. The van der Waals surface area contributed by atoms with Crippen molar-refractivity contribution in [2.75, 3.05) is 14.1 Å². The largest absolute Gasteiger partial charge is 0.510 e. The number of carbonyl (C=O) groups excluding carboxylic acids is 4. The van der Waals surface area contributed by atoms with Gasteiger partial charge in [0.2, 0.25) is 5.78 Å². The predicted octanol–water partition coefficient (Wildman–Crippen LogP) is -1.19. The lowest BCUT2D eigenvalue weighted by atomic mass is 9.55. The molecule has 0 aliphatic heterocycles. The van der Waals surface area contributed by atoms with Gasteiger partial charge in [-0.25, -0.2) is 4.79 Å². The zero-order valence-corrected chi connectivity index (χ0v) is 19.7. The lowest BCUT2D eigenvalue weighted by Crippen LogP contribution is -2.65. The van der Waals surface area contributed by atoms with Crippen LogP contribution >= 0.6 is 0 Å². The van der Waals surface area contributed by atoms with Crippen LogP contribution in [0, 0.1) is 11.8 Å². The summed E-state index contributed by atoms with van der Waals surface area (Å²) < 4.78 is 0. The van der Waals surface area contributed by atoms with Gasteiger partial charge in [0, 0.05) is 17.4 Å². The molecule has 3 aliphatic carbocycles.